The maximum Gasteiger partial charge on any atom is 0.321 e. The zero-order chi connectivity index (χ0) is 20.4. The van der Waals surface area contributed by atoms with Gasteiger partial charge in [0, 0.05) is 44.5 Å². The van der Waals surface area contributed by atoms with Crippen molar-refractivity contribution in [1.29, 1.82) is 0 Å². The quantitative estimate of drug-likeness (QED) is 0.717. The molecule has 1 unspecified atom stereocenters. The Bertz CT molecular complexity index is 1030. The highest BCUT2D eigenvalue weighted by molar-refractivity contribution is 5.90. The first-order valence-corrected chi connectivity index (χ1v) is 10.0. The lowest BCUT2D eigenvalue weighted by atomic mass is 10.1. The van der Waals surface area contributed by atoms with Gasteiger partial charge < -0.3 is 19.5 Å². The van der Waals surface area contributed by atoms with E-state index in [0.717, 1.165) is 34.7 Å². The third-order valence-electron chi connectivity index (χ3n) is 5.74. The van der Waals surface area contributed by atoms with E-state index in [2.05, 4.69) is 27.9 Å². The standard InChI is InChI=1S/C22H27N5O2/c1-15-6-4-7-18(16(15)2)25-22(28)26-11-9-17(14-26)20-24-19-8-5-10-23-21(19)27(20)12-13-29-3/h4-8,10,17H,9,11-14H2,1-3H3,(H,25,28). The molecule has 2 aromatic heterocycles. The Morgan fingerprint density at radius 1 is 1.28 bits per heavy atom. The molecule has 1 aromatic carbocycles. The van der Waals surface area contributed by atoms with Gasteiger partial charge in [-0.1, -0.05) is 12.1 Å². The number of ether oxygens (including phenoxy) is 1. The highest BCUT2D eigenvalue weighted by atomic mass is 16.5. The first kappa shape index (κ1) is 19.4. The number of imidazole rings is 1. The zero-order valence-corrected chi connectivity index (χ0v) is 17.2. The fraction of sp³-hybridized carbons (Fsp3) is 0.409. The number of anilines is 1. The van der Waals surface area contributed by atoms with Gasteiger partial charge in [0.1, 0.15) is 11.3 Å². The molecule has 4 rings (SSSR count). The lowest BCUT2D eigenvalue weighted by Crippen LogP contribution is -2.33. The molecular weight excluding hydrogens is 366 g/mol. The number of carbonyl (C=O) groups excluding carboxylic acids is 1. The molecule has 2 amide bonds. The first-order valence-electron chi connectivity index (χ1n) is 10.0. The number of hydrogen-bond donors (Lipinski definition) is 1. The van der Waals surface area contributed by atoms with Crippen molar-refractivity contribution >= 4 is 22.9 Å². The van der Waals surface area contributed by atoms with Crippen LogP contribution in [-0.2, 0) is 11.3 Å². The van der Waals surface area contributed by atoms with Gasteiger partial charge in [-0.25, -0.2) is 14.8 Å². The monoisotopic (exact) mass is 393 g/mol. The molecule has 7 heteroatoms. The van der Waals surface area contributed by atoms with Crippen molar-refractivity contribution in [2.45, 2.75) is 32.7 Å². The molecular formula is C22H27N5O2. The van der Waals surface area contributed by atoms with E-state index in [1.54, 1.807) is 13.3 Å². The van der Waals surface area contributed by atoms with Crippen molar-refractivity contribution in [3.05, 3.63) is 53.5 Å². The predicted molar refractivity (Wildman–Crippen MR) is 113 cm³/mol. The predicted octanol–water partition coefficient (Wildman–Crippen LogP) is 3.72. The molecule has 0 radical (unpaired) electrons. The summed E-state index contributed by atoms with van der Waals surface area (Å²) < 4.78 is 7.41. The van der Waals surface area contributed by atoms with E-state index in [0.29, 0.717) is 26.2 Å². The van der Waals surface area contributed by atoms with Crippen molar-refractivity contribution in [2.75, 3.05) is 32.1 Å². The highest BCUT2D eigenvalue weighted by Crippen LogP contribution is 2.29. The second-order valence-corrected chi connectivity index (χ2v) is 7.57. The van der Waals surface area contributed by atoms with E-state index in [9.17, 15) is 4.79 Å². The van der Waals surface area contributed by atoms with Crippen LogP contribution in [0.5, 0.6) is 0 Å². The molecule has 1 saturated heterocycles. The average Bonchev–Trinajstić information content (AvgIpc) is 3.34. The zero-order valence-electron chi connectivity index (χ0n) is 17.2. The minimum absolute atomic E-state index is 0.0566. The number of pyridine rings is 1. The third-order valence-corrected chi connectivity index (χ3v) is 5.74. The van der Waals surface area contributed by atoms with Gasteiger partial charge in [-0.15, -0.1) is 0 Å². The van der Waals surface area contributed by atoms with Crippen LogP contribution in [0.15, 0.2) is 36.5 Å². The fourth-order valence-electron chi connectivity index (χ4n) is 3.93. The summed E-state index contributed by atoms with van der Waals surface area (Å²) in [7, 11) is 1.70. The Morgan fingerprint density at radius 3 is 2.97 bits per heavy atom. The maximum atomic E-state index is 12.8. The Morgan fingerprint density at radius 2 is 2.14 bits per heavy atom. The second-order valence-electron chi connectivity index (χ2n) is 7.57. The van der Waals surface area contributed by atoms with Crippen LogP contribution in [0, 0.1) is 13.8 Å². The number of aromatic nitrogens is 3. The summed E-state index contributed by atoms with van der Waals surface area (Å²) in [5.74, 6) is 1.17. The Kier molecular flexibility index (Phi) is 5.49. The molecule has 1 aliphatic heterocycles. The smallest absolute Gasteiger partial charge is 0.321 e. The molecule has 3 heterocycles. The van der Waals surface area contributed by atoms with Crippen LogP contribution < -0.4 is 5.32 Å². The number of rotatable bonds is 5. The van der Waals surface area contributed by atoms with Crippen molar-refractivity contribution in [3.8, 4) is 0 Å². The molecule has 0 spiro atoms. The molecule has 1 aliphatic rings. The molecule has 7 nitrogen and oxygen atoms in total. The summed E-state index contributed by atoms with van der Waals surface area (Å²) in [4.78, 5) is 24.1. The fourth-order valence-corrected chi connectivity index (χ4v) is 3.93. The minimum atomic E-state index is -0.0566. The van der Waals surface area contributed by atoms with E-state index in [1.807, 2.05) is 36.1 Å². The first-order chi connectivity index (χ1) is 14.1. The molecule has 29 heavy (non-hydrogen) atoms. The number of hydrogen-bond acceptors (Lipinski definition) is 4. The summed E-state index contributed by atoms with van der Waals surface area (Å²) in [5.41, 5.74) is 4.90. The normalized spacial score (nSPS) is 16.5. The number of carbonyl (C=O) groups is 1. The van der Waals surface area contributed by atoms with Gasteiger partial charge in [-0.3, -0.25) is 0 Å². The molecule has 1 N–H and O–H groups in total. The van der Waals surface area contributed by atoms with Crippen LogP contribution in [0.3, 0.4) is 0 Å². The van der Waals surface area contributed by atoms with Crippen LogP contribution in [0.1, 0.15) is 29.3 Å². The molecule has 0 saturated carbocycles. The van der Waals surface area contributed by atoms with Gasteiger partial charge in [0.05, 0.1) is 6.61 Å². The van der Waals surface area contributed by atoms with E-state index in [-0.39, 0.29) is 11.9 Å². The lowest BCUT2D eigenvalue weighted by molar-refractivity contribution is 0.186. The van der Waals surface area contributed by atoms with Gasteiger partial charge in [0.2, 0.25) is 0 Å². The number of nitrogens with zero attached hydrogens (tertiary/aromatic N) is 4. The molecule has 152 valence electrons. The number of nitrogens with one attached hydrogen (secondary N) is 1. The van der Waals surface area contributed by atoms with Crippen molar-refractivity contribution in [2.24, 2.45) is 0 Å². The molecule has 0 aliphatic carbocycles. The van der Waals surface area contributed by atoms with Gasteiger partial charge in [0.25, 0.3) is 0 Å². The lowest BCUT2D eigenvalue weighted by Gasteiger charge is -2.19. The Hall–Kier alpha value is -2.93. The van der Waals surface area contributed by atoms with Gasteiger partial charge in [-0.2, -0.15) is 0 Å². The number of urea groups is 1. The summed E-state index contributed by atoms with van der Waals surface area (Å²) in [6.07, 6.45) is 2.67. The van der Waals surface area contributed by atoms with E-state index in [1.165, 1.54) is 5.56 Å². The Balaban J connectivity index is 1.52. The summed E-state index contributed by atoms with van der Waals surface area (Å²) >= 11 is 0. The van der Waals surface area contributed by atoms with Crippen molar-refractivity contribution in [1.82, 2.24) is 19.4 Å². The van der Waals surface area contributed by atoms with E-state index >= 15 is 0 Å². The highest BCUT2D eigenvalue weighted by Gasteiger charge is 2.31. The maximum absolute atomic E-state index is 12.8. The number of amides is 2. The van der Waals surface area contributed by atoms with Crippen LogP contribution >= 0.6 is 0 Å². The van der Waals surface area contributed by atoms with Crippen LogP contribution in [0.4, 0.5) is 10.5 Å². The van der Waals surface area contributed by atoms with Crippen LogP contribution in [0.25, 0.3) is 11.2 Å². The number of fused-ring (bicyclic) bond motifs is 1. The molecule has 0 bridgehead atoms. The largest absolute Gasteiger partial charge is 0.383 e. The SMILES string of the molecule is COCCn1c(C2CCN(C(=O)Nc3cccc(C)c3C)C2)nc2cccnc21. The molecule has 3 aromatic rings. The van der Waals surface area contributed by atoms with Crippen molar-refractivity contribution < 1.29 is 9.53 Å². The van der Waals surface area contributed by atoms with E-state index in [4.69, 9.17) is 9.72 Å². The molecule has 1 atom stereocenters. The summed E-state index contributed by atoms with van der Waals surface area (Å²) in [6, 6.07) is 9.79. The van der Waals surface area contributed by atoms with Crippen LogP contribution in [0.2, 0.25) is 0 Å². The second kappa shape index (κ2) is 8.21. The van der Waals surface area contributed by atoms with Gasteiger partial charge in [0.15, 0.2) is 5.65 Å². The number of aryl methyl sites for hydroxylation is 1. The minimum Gasteiger partial charge on any atom is -0.383 e. The topological polar surface area (TPSA) is 72.3 Å². The molecule has 1 fully saturated rings. The van der Waals surface area contributed by atoms with Crippen LogP contribution in [-0.4, -0.2) is 52.3 Å². The van der Waals surface area contributed by atoms with E-state index < -0.39 is 0 Å². The van der Waals surface area contributed by atoms with Crippen molar-refractivity contribution in [3.63, 3.8) is 0 Å². The van der Waals surface area contributed by atoms with Gasteiger partial charge in [-0.05, 0) is 49.6 Å². The summed E-state index contributed by atoms with van der Waals surface area (Å²) in [5, 5.41) is 3.07. The number of methoxy groups -OCH3 is 1. The number of benzene rings is 1. The number of likely N-dealkylation sites (tertiary alicyclic amines) is 1. The van der Waals surface area contributed by atoms with Gasteiger partial charge >= 0.3 is 6.03 Å². The summed E-state index contributed by atoms with van der Waals surface area (Å²) in [6.45, 7) is 6.73. The Labute approximate surface area is 170 Å². The average molecular weight is 393 g/mol. The third kappa shape index (κ3) is 3.82.